The van der Waals surface area contributed by atoms with Gasteiger partial charge in [0.25, 0.3) is 11.8 Å². The number of fused-ring (bicyclic) bond motifs is 1. The van der Waals surface area contributed by atoms with E-state index in [0.717, 1.165) is 18.4 Å². The average Bonchev–Trinajstić information content (AvgIpc) is 3.62. The second kappa shape index (κ2) is 16.1. The van der Waals surface area contributed by atoms with Crippen LogP contribution in [-0.4, -0.2) is 114 Å². The summed E-state index contributed by atoms with van der Waals surface area (Å²) in [7, 11) is 1.60. The molecule has 2 fully saturated rings. The Kier molecular flexibility index (Phi) is 11.5. The van der Waals surface area contributed by atoms with Crippen LogP contribution in [0.4, 0.5) is 4.79 Å². The molecule has 1 unspecified atom stereocenters. The number of piperazine rings is 1. The number of amides is 4. The van der Waals surface area contributed by atoms with E-state index < -0.39 is 29.9 Å². The number of ether oxygens (including phenoxy) is 3. The van der Waals surface area contributed by atoms with Gasteiger partial charge in [-0.05, 0) is 44.4 Å². The Morgan fingerprint density at radius 1 is 0.959 bits per heavy atom. The van der Waals surface area contributed by atoms with Crippen LogP contribution in [0.3, 0.4) is 0 Å². The van der Waals surface area contributed by atoms with Gasteiger partial charge in [0.05, 0.1) is 25.3 Å². The van der Waals surface area contributed by atoms with E-state index in [1.165, 1.54) is 15.9 Å². The number of carboxylic acid groups (broad SMARTS) is 1. The van der Waals surface area contributed by atoms with Gasteiger partial charge >= 0.3 is 12.1 Å². The molecule has 2 saturated heterocycles. The normalized spacial score (nSPS) is 16.6. The maximum Gasteiger partial charge on any atom is 0.409 e. The number of para-hydroxylation sites is 2. The molecule has 2 atom stereocenters. The predicted molar refractivity (Wildman–Crippen MR) is 177 cm³/mol. The summed E-state index contributed by atoms with van der Waals surface area (Å²) in [5.41, 5.74) is 1.31. The number of aromatic nitrogens is 1. The van der Waals surface area contributed by atoms with Gasteiger partial charge in [-0.3, -0.25) is 19.2 Å². The van der Waals surface area contributed by atoms with Gasteiger partial charge in [0.1, 0.15) is 23.2 Å². The zero-order valence-corrected chi connectivity index (χ0v) is 27.6. The van der Waals surface area contributed by atoms with Gasteiger partial charge in [0.2, 0.25) is 5.91 Å². The lowest BCUT2D eigenvalue weighted by atomic mass is 10.0. The van der Waals surface area contributed by atoms with E-state index in [1.54, 1.807) is 43.2 Å². The topological polar surface area (TPSA) is 168 Å². The molecule has 0 aliphatic carbocycles. The lowest BCUT2D eigenvalue weighted by Crippen LogP contribution is -2.56. The third kappa shape index (κ3) is 8.37. The van der Waals surface area contributed by atoms with E-state index in [-0.39, 0.29) is 75.6 Å². The molecule has 2 aromatic carbocycles. The molecule has 14 heteroatoms. The van der Waals surface area contributed by atoms with Gasteiger partial charge in [-0.2, -0.15) is 0 Å². The highest BCUT2D eigenvalue weighted by Gasteiger charge is 2.33. The molecule has 2 N–H and O–H groups in total. The third-order valence-corrected chi connectivity index (χ3v) is 8.70. The van der Waals surface area contributed by atoms with Crippen LogP contribution in [0.5, 0.6) is 11.5 Å². The van der Waals surface area contributed by atoms with E-state index in [1.807, 2.05) is 24.3 Å². The molecule has 5 rings (SSSR count). The molecule has 0 radical (unpaired) electrons. The van der Waals surface area contributed by atoms with E-state index in [4.69, 9.17) is 14.2 Å². The van der Waals surface area contributed by atoms with Crippen molar-refractivity contribution in [2.45, 2.75) is 44.7 Å². The Morgan fingerprint density at radius 3 is 2.41 bits per heavy atom. The van der Waals surface area contributed by atoms with Crippen molar-refractivity contribution >= 4 is 40.7 Å². The number of nitrogens with zero attached hydrogens (tertiary/aromatic N) is 4. The molecule has 2 aliphatic heterocycles. The number of hydrogen-bond donors (Lipinski definition) is 2. The molecule has 1 aromatic heterocycles. The molecule has 2 aliphatic rings. The zero-order valence-electron chi connectivity index (χ0n) is 27.6. The predicted octanol–water partition coefficient (Wildman–Crippen LogP) is 3.25. The van der Waals surface area contributed by atoms with Crippen molar-refractivity contribution in [3.63, 3.8) is 0 Å². The number of carboxylic acids is 1. The lowest BCUT2D eigenvalue weighted by Gasteiger charge is -2.35. The van der Waals surface area contributed by atoms with Crippen LogP contribution in [0.25, 0.3) is 10.9 Å². The first-order chi connectivity index (χ1) is 23.7. The molecule has 0 bridgehead atoms. The minimum Gasteiger partial charge on any atom is -0.496 e. The molecular formula is C35H41N5O9. The van der Waals surface area contributed by atoms with Crippen molar-refractivity contribution in [2.75, 3.05) is 53.0 Å². The summed E-state index contributed by atoms with van der Waals surface area (Å²) in [4.78, 5) is 73.4. The highest BCUT2D eigenvalue weighted by atomic mass is 16.6. The average molecular weight is 676 g/mol. The maximum atomic E-state index is 13.6. The Hall–Kier alpha value is -5.40. The fourth-order valence-corrected chi connectivity index (χ4v) is 6.23. The zero-order chi connectivity index (χ0) is 34.9. The summed E-state index contributed by atoms with van der Waals surface area (Å²) in [5, 5.41) is 12.6. The van der Waals surface area contributed by atoms with E-state index in [9.17, 15) is 29.1 Å². The second-order valence-electron chi connectivity index (χ2n) is 11.8. The van der Waals surface area contributed by atoms with Crippen LogP contribution in [0.1, 0.15) is 54.7 Å². The molecule has 0 saturated carbocycles. The lowest BCUT2D eigenvalue weighted by molar-refractivity contribution is -0.138. The van der Waals surface area contributed by atoms with Gasteiger partial charge < -0.3 is 39.3 Å². The first kappa shape index (κ1) is 34.9. The largest absolute Gasteiger partial charge is 0.496 e. The van der Waals surface area contributed by atoms with Gasteiger partial charge in [-0.1, -0.05) is 30.3 Å². The Balaban J connectivity index is 1.30. The van der Waals surface area contributed by atoms with Crippen molar-refractivity contribution in [1.82, 2.24) is 25.0 Å². The first-order valence-corrected chi connectivity index (χ1v) is 16.4. The third-order valence-electron chi connectivity index (χ3n) is 8.70. The first-order valence-electron chi connectivity index (χ1n) is 16.4. The van der Waals surface area contributed by atoms with Crippen molar-refractivity contribution in [1.29, 1.82) is 0 Å². The Labute approximate surface area is 283 Å². The second-order valence-corrected chi connectivity index (χ2v) is 11.8. The summed E-state index contributed by atoms with van der Waals surface area (Å²) in [5.74, 6) is -1.52. The van der Waals surface area contributed by atoms with Crippen LogP contribution in [0.15, 0.2) is 54.6 Å². The van der Waals surface area contributed by atoms with Crippen LogP contribution in [-0.2, 0) is 19.1 Å². The molecule has 3 heterocycles. The van der Waals surface area contributed by atoms with Crippen molar-refractivity contribution in [3.05, 3.63) is 65.9 Å². The van der Waals surface area contributed by atoms with Crippen molar-refractivity contribution in [3.8, 4) is 11.5 Å². The number of carbonyl (C=O) groups is 5. The van der Waals surface area contributed by atoms with Crippen LogP contribution in [0, 0.1) is 0 Å². The number of pyridine rings is 1. The van der Waals surface area contributed by atoms with E-state index >= 15 is 0 Å². The maximum absolute atomic E-state index is 13.6. The van der Waals surface area contributed by atoms with Crippen LogP contribution in [0.2, 0.25) is 0 Å². The summed E-state index contributed by atoms with van der Waals surface area (Å²) < 4.78 is 16.6. The minimum absolute atomic E-state index is 0.0607. The smallest absolute Gasteiger partial charge is 0.409 e. The number of hydrogen-bond acceptors (Lipinski definition) is 9. The van der Waals surface area contributed by atoms with Crippen LogP contribution >= 0.6 is 0 Å². The molecule has 3 aromatic rings. The number of methoxy groups -OCH3 is 1. The molecular weight excluding hydrogens is 634 g/mol. The molecule has 4 amide bonds. The SMILES string of the molecule is CCOC(=O)N1CCN(C(=O)C(CCC(=O)O)NC(=O)c2cc(OCC(=O)N3CCC[C@H]3c3ccccc3OC)c3ccccc3n2)CC1. The van der Waals surface area contributed by atoms with Gasteiger partial charge in [-0.25, -0.2) is 9.78 Å². The summed E-state index contributed by atoms with van der Waals surface area (Å²) in [6.45, 7) is 3.12. The monoisotopic (exact) mass is 675 g/mol. The van der Waals surface area contributed by atoms with Crippen LogP contribution < -0.4 is 14.8 Å². The van der Waals surface area contributed by atoms with Gasteiger partial charge in [0, 0.05) is 56.2 Å². The van der Waals surface area contributed by atoms with E-state index in [2.05, 4.69) is 10.3 Å². The number of benzene rings is 2. The Bertz CT molecular complexity index is 1690. The highest BCUT2D eigenvalue weighted by molar-refractivity contribution is 5.99. The number of aliphatic carboxylic acids is 1. The molecule has 49 heavy (non-hydrogen) atoms. The number of carbonyl (C=O) groups excluding carboxylic acids is 4. The molecule has 14 nitrogen and oxygen atoms in total. The number of nitrogens with one attached hydrogen (secondary N) is 1. The minimum atomic E-state index is -1.15. The fourth-order valence-electron chi connectivity index (χ4n) is 6.23. The van der Waals surface area contributed by atoms with Crippen molar-refractivity contribution in [2.24, 2.45) is 0 Å². The highest BCUT2D eigenvalue weighted by Crippen LogP contribution is 2.37. The van der Waals surface area contributed by atoms with Crippen molar-refractivity contribution < 1.29 is 43.3 Å². The Morgan fingerprint density at radius 2 is 1.67 bits per heavy atom. The van der Waals surface area contributed by atoms with E-state index in [0.29, 0.717) is 23.2 Å². The summed E-state index contributed by atoms with van der Waals surface area (Å²) >= 11 is 0. The molecule has 0 spiro atoms. The quantitative estimate of drug-likeness (QED) is 0.291. The summed E-state index contributed by atoms with van der Waals surface area (Å²) in [6, 6.07) is 14.7. The van der Waals surface area contributed by atoms with Gasteiger partial charge in [-0.15, -0.1) is 0 Å². The number of likely N-dealkylation sites (tertiary alicyclic amines) is 1. The standard InChI is InChI=1S/C35H41N5O9/c1-3-48-35(46)39-19-17-38(18-20-39)34(45)26(14-15-32(42)43)37-33(44)27-21-30(23-9-4-6-11-25(23)36-27)49-22-31(41)40-16-8-12-28(40)24-10-5-7-13-29(24)47-2/h4-7,9-11,13,21,26,28H,3,8,12,14-20,22H2,1-2H3,(H,37,44)(H,42,43)/t26?,28-/m0/s1. The molecule has 260 valence electrons. The summed E-state index contributed by atoms with van der Waals surface area (Å²) in [6.07, 6.45) is 0.654. The van der Waals surface area contributed by atoms with Gasteiger partial charge in [0.15, 0.2) is 6.61 Å². The number of rotatable bonds is 12. The fraction of sp³-hybridized carbons (Fsp3) is 0.429.